The van der Waals surface area contributed by atoms with E-state index in [9.17, 15) is 18.0 Å². The van der Waals surface area contributed by atoms with Crippen molar-refractivity contribution in [1.29, 1.82) is 0 Å². The van der Waals surface area contributed by atoms with Gasteiger partial charge in [-0.1, -0.05) is 76.6 Å². The number of sulfonamides is 1. The van der Waals surface area contributed by atoms with Crippen LogP contribution in [0.4, 0.5) is 5.69 Å². The topological polar surface area (TPSA) is 86.8 Å². The third-order valence-electron chi connectivity index (χ3n) is 5.82. The van der Waals surface area contributed by atoms with E-state index in [1.165, 1.54) is 11.9 Å². The molecule has 0 aliphatic heterocycles. The fraction of sp³-hybridized carbons (Fsp3) is 0.259. The van der Waals surface area contributed by atoms with Gasteiger partial charge in [0.15, 0.2) is 0 Å². The monoisotopic (exact) mass is 571 g/mol. The Hall–Kier alpha value is -3.17. The molecule has 0 unspecified atom stereocenters. The van der Waals surface area contributed by atoms with Crippen molar-refractivity contribution in [2.24, 2.45) is 0 Å². The smallest absolute Gasteiger partial charge is 0.244 e. The van der Waals surface area contributed by atoms with Gasteiger partial charge in [0.25, 0.3) is 0 Å². The number of rotatable bonds is 10. The van der Waals surface area contributed by atoms with Crippen molar-refractivity contribution >= 4 is 43.5 Å². The molecule has 7 nitrogen and oxygen atoms in total. The maximum atomic E-state index is 13.9. The van der Waals surface area contributed by atoms with Gasteiger partial charge in [-0.25, -0.2) is 8.42 Å². The van der Waals surface area contributed by atoms with E-state index >= 15 is 0 Å². The molecule has 0 spiro atoms. The summed E-state index contributed by atoms with van der Waals surface area (Å²) in [6, 6.07) is 23.0. The summed E-state index contributed by atoms with van der Waals surface area (Å²) in [5.74, 6) is -0.808. The highest BCUT2D eigenvalue weighted by atomic mass is 79.9. The second-order valence-electron chi connectivity index (χ2n) is 8.53. The number of nitrogens with one attached hydrogen (secondary N) is 1. The summed E-state index contributed by atoms with van der Waals surface area (Å²) in [5, 5.41) is 2.67. The molecule has 1 atom stereocenters. The van der Waals surface area contributed by atoms with E-state index < -0.39 is 28.5 Å². The molecule has 9 heteroatoms. The molecule has 0 fully saturated rings. The van der Waals surface area contributed by atoms with Gasteiger partial charge in [0, 0.05) is 24.5 Å². The zero-order valence-electron chi connectivity index (χ0n) is 20.5. The molecule has 0 saturated heterocycles. The number of halogens is 1. The standard InChI is InChI=1S/C27H30BrN3O4S/c1-20-10-7-8-15-24(20)31(36(3,34)35)19-26(32)30(18-22-13-9-14-23(28)16-22)25(27(33)29-2)17-21-11-5-4-6-12-21/h4-16,25H,17-19H2,1-3H3,(H,29,33)/t25-/m0/s1. The maximum Gasteiger partial charge on any atom is 0.244 e. The molecule has 0 aromatic heterocycles. The van der Waals surface area contributed by atoms with Crippen molar-refractivity contribution < 1.29 is 18.0 Å². The van der Waals surface area contributed by atoms with Crippen LogP contribution in [0, 0.1) is 6.92 Å². The Morgan fingerprint density at radius 1 is 0.944 bits per heavy atom. The average molecular weight is 573 g/mol. The molecule has 190 valence electrons. The van der Waals surface area contributed by atoms with Crippen molar-refractivity contribution in [2.75, 3.05) is 24.2 Å². The summed E-state index contributed by atoms with van der Waals surface area (Å²) >= 11 is 3.46. The number of likely N-dealkylation sites (N-methyl/N-ethyl adjacent to an activating group) is 1. The molecular formula is C27H30BrN3O4S. The van der Waals surface area contributed by atoms with Gasteiger partial charge in [0.2, 0.25) is 21.8 Å². The Morgan fingerprint density at radius 2 is 1.58 bits per heavy atom. The summed E-state index contributed by atoms with van der Waals surface area (Å²) in [6.45, 7) is 1.49. The highest BCUT2D eigenvalue weighted by molar-refractivity contribution is 9.10. The number of nitrogens with zero attached hydrogens (tertiary/aromatic N) is 2. The van der Waals surface area contributed by atoms with E-state index in [1.807, 2.05) is 60.7 Å². The summed E-state index contributed by atoms with van der Waals surface area (Å²) < 4.78 is 27.5. The van der Waals surface area contributed by atoms with Crippen LogP contribution < -0.4 is 9.62 Å². The zero-order chi connectivity index (χ0) is 26.3. The first-order valence-electron chi connectivity index (χ1n) is 11.4. The highest BCUT2D eigenvalue weighted by Gasteiger charge is 2.32. The van der Waals surface area contributed by atoms with Crippen LogP contribution in [0.25, 0.3) is 0 Å². The molecule has 0 radical (unpaired) electrons. The summed E-state index contributed by atoms with van der Waals surface area (Å²) in [6.07, 6.45) is 1.36. The number of para-hydroxylation sites is 1. The van der Waals surface area contributed by atoms with Crippen LogP contribution in [0.5, 0.6) is 0 Å². The first kappa shape index (κ1) is 27.4. The van der Waals surface area contributed by atoms with Gasteiger partial charge < -0.3 is 10.2 Å². The van der Waals surface area contributed by atoms with Crippen molar-refractivity contribution in [3.63, 3.8) is 0 Å². The van der Waals surface area contributed by atoms with Crippen molar-refractivity contribution in [2.45, 2.75) is 25.9 Å². The lowest BCUT2D eigenvalue weighted by Crippen LogP contribution is -2.53. The van der Waals surface area contributed by atoms with Crippen LogP contribution >= 0.6 is 15.9 Å². The number of aryl methyl sites for hydroxylation is 1. The third-order valence-corrected chi connectivity index (χ3v) is 7.44. The minimum Gasteiger partial charge on any atom is -0.357 e. The molecule has 36 heavy (non-hydrogen) atoms. The fourth-order valence-corrected chi connectivity index (χ4v) is 5.34. The minimum absolute atomic E-state index is 0.133. The van der Waals surface area contributed by atoms with Gasteiger partial charge in [-0.2, -0.15) is 0 Å². The third kappa shape index (κ3) is 7.18. The van der Waals surface area contributed by atoms with Crippen LogP contribution in [-0.2, 0) is 32.6 Å². The number of carbonyl (C=O) groups excluding carboxylic acids is 2. The normalized spacial score (nSPS) is 12.0. The Labute approximate surface area is 221 Å². The summed E-state index contributed by atoms with van der Waals surface area (Å²) in [4.78, 5) is 28.4. The fourth-order valence-electron chi connectivity index (χ4n) is 3.99. The van der Waals surface area contributed by atoms with Crippen molar-refractivity contribution in [3.05, 3.63) is 100 Å². The lowest BCUT2D eigenvalue weighted by Gasteiger charge is -2.33. The second kappa shape index (κ2) is 12.2. The molecule has 0 aliphatic rings. The van der Waals surface area contributed by atoms with E-state index in [1.54, 1.807) is 25.1 Å². The number of hydrogen-bond acceptors (Lipinski definition) is 4. The van der Waals surface area contributed by atoms with Gasteiger partial charge in [-0.15, -0.1) is 0 Å². The number of carbonyl (C=O) groups is 2. The van der Waals surface area contributed by atoms with E-state index in [0.717, 1.165) is 31.7 Å². The number of hydrogen-bond donors (Lipinski definition) is 1. The molecule has 2 amide bonds. The quantitative estimate of drug-likeness (QED) is 0.399. The molecule has 3 rings (SSSR count). The highest BCUT2D eigenvalue weighted by Crippen LogP contribution is 2.24. The SMILES string of the molecule is CNC(=O)[C@H](Cc1ccccc1)N(Cc1cccc(Br)c1)C(=O)CN(c1ccccc1C)S(C)(=O)=O. The van der Waals surface area contributed by atoms with Gasteiger partial charge in [0.05, 0.1) is 11.9 Å². The number of amides is 2. The molecule has 0 saturated carbocycles. The Kier molecular flexibility index (Phi) is 9.28. The molecule has 3 aromatic carbocycles. The van der Waals surface area contributed by atoms with Crippen molar-refractivity contribution in [1.82, 2.24) is 10.2 Å². The predicted octanol–water partition coefficient (Wildman–Crippen LogP) is 3.91. The Morgan fingerprint density at radius 3 is 2.19 bits per heavy atom. The minimum atomic E-state index is -3.78. The predicted molar refractivity (Wildman–Crippen MR) is 146 cm³/mol. The molecule has 0 aliphatic carbocycles. The van der Waals surface area contributed by atoms with E-state index in [4.69, 9.17) is 0 Å². The number of benzene rings is 3. The van der Waals surface area contributed by atoms with Crippen LogP contribution in [0.3, 0.4) is 0 Å². The first-order valence-corrected chi connectivity index (χ1v) is 14.1. The molecular weight excluding hydrogens is 542 g/mol. The number of anilines is 1. The van der Waals surface area contributed by atoms with Crippen molar-refractivity contribution in [3.8, 4) is 0 Å². The van der Waals surface area contributed by atoms with E-state index in [0.29, 0.717) is 5.69 Å². The van der Waals surface area contributed by atoms with Gasteiger partial charge >= 0.3 is 0 Å². The Balaban J connectivity index is 2.04. The largest absolute Gasteiger partial charge is 0.357 e. The summed E-state index contributed by atoms with van der Waals surface area (Å²) in [7, 11) is -2.26. The van der Waals surface area contributed by atoms with E-state index in [2.05, 4.69) is 21.2 Å². The molecule has 0 heterocycles. The van der Waals surface area contributed by atoms with Gasteiger partial charge in [-0.3, -0.25) is 13.9 Å². The molecule has 1 N–H and O–H groups in total. The molecule has 0 bridgehead atoms. The first-order chi connectivity index (χ1) is 17.1. The van der Waals surface area contributed by atoms with Crippen LogP contribution in [-0.4, -0.2) is 51.0 Å². The van der Waals surface area contributed by atoms with Crippen LogP contribution in [0.2, 0.25) is 0 Å². The van der Waals surface area contributed by atoms with Gasteiger partial charge in [0.1, 0.15) is 12.6 Å². The average Bonchev–Trinajstić information content (AvgIpc) is 2.84. The van der Waals surface area contributed by atoms with Gasteiger partial charge in [-0.05, 0) is 41.8 Å². The Bertz CT molecular complexity index is 1320. The maximum absolute atomic E-state index is 13.9. The van der Waals surface area contributed by atoms with Crippen LogP contribution in [0.15, 0.2) is 83.3 Å². The summed E-state index contributed by atoms with van der Waals surface area (Å²) in [5.41, 5.74) is 2.84. The van der Waals surface area contributed by atoms with Crippen LogP contribution in [0.1, 0.15) is 16.7 Å². The van der Waals surface area contributed by atoms with E-state index in [-0.39, 0.29) is 18.9 Å². The lowest BCUT2D eigenvalue weighted by atomic mass is 10.0. The lowest BCUT2D eigenvalue weighted by molar-refractivity contribution is -0.139. The molecule has 3 aromatic rings. The second-order valence-corrected chi connectivity index (χ2v) is 11.3. The zero-order valence-corrected chi connectivity index (χ0v) is 22.9.